The first-order chi connectivity index (χ1) is 13.5. The van der Waals surface area contributed by atoms with Gasteiger partial charge in [0, 0.05) is 11.9 Å². The summed E-state index contributed by atoms with van der Waals surface area (Å²) in [4.78, 5) is 17.0. The molecule has 0 aliphatic heterocycles. The van der Waals surface area contributed by atoms with Crippen LogP contribution in [0.15, 0.2) is 54.9 Å². The Bertz CT molecular complexity index is 976. The predicted octanol–water partition coefficient (Wildman–Crippen LogP) is 5.40. The Labute approximate surface area is 165 Å². The van der Waals surface area contributed by atoms with Crippen LogP contribution in [0.3, 0.4) is 0 Å². The first-order valence-corrected chi connectivity index (χ1v) is 9.31. The summed E-state index contributed by atoms with van der Waals surface area (Å²) in [5.74, 6) is 0.565. The van der Waals surface area contributed by atoms with Gasteiger partial charge in [-0.1, -0.05) is 29.8 Å². The molecule has 144 valence electrons. The number of benzene rings is 2. The second-order valence-electron chi connectivity index (χ2n) is 6.74. The van der Waals surface area contributed by atoms with E-state index in [-0.39, 0.29) is 5.91 Å². The van der Waals surface area contributed by atoms with E-state index in [2.05, 4.69) is 27.8 Å². The molecule has 0 unspecified atom stereocenters. The lowest BCUT2D eigenvalue weighted by atomic mass is 10.0. The molecule has 0 aliphatic rings. The molecule has 0 saturated carbocycles. The molecule has 0 spiro atoms. The molecule has 0 bridgehead atoms. The second-order valence-corrected chi connectivity index (χ2v) is 6.74. The lowest BCUT2D eigenvalue weighted by Crippen LogP contribution is -2.14. The number of rotatable bonds is 6. The van der Waals surface area contributed by atoms with Gasteiger partial charge in [-0.05, 0) is 57.0 Å². The number of hydrogen-bond donors (Lipinski definition) is 2. The molecule has 3 aromatic rings. The van der Waals surface area contributed by atoms with Crippen LogP contribution in [-0.4, -0.2) is 17.5 Å². The van der Waals surface area contributed by atoms with E-state index in [0.29, 0.717) is 12.2 Å². The molecule has 2 N–H and O–H groups in total. The number of aryl methyl sites for hydroxylation is 3. The van der Waals surface area contributed by atoms with Gasteiger partial charge >= 0.3 is 0 Å². The number of ether oxygens (including phenoxy) is 1. The molecule has 5 nitrogen and oxygen atoms in total. The fourth-order valence-electron chi connectivity index (χ4n) is 3.20. The molecule has 0 radical (unpaired) electrons. The van der Waals surface area contributed by atoms with E-state index in [9.17, 15) is 4.79 Å². The fourth-order valence-corrected chi connectivity index (χ4v) is 3.20. The van der Waals surface area contributed by atoms with Gasteiger partial charge in [-0.15, -0.1) is 0 Å². The van der Waals surface area contributed by atoms with E-state index in [1.54, 1.807) is 18.5 Å². The van der Waals surface area contributed by atoms with Crippen molar-refractivity contribution >= 4 is 23.0 Å². The molecule has 0 atom stereocenters. The summed E-state index contributed by atoms with van der Waals surface area (Å²) < 4.78 is 5.64. The van der Waals surface area contributed by atoms with Crippen molar-refractivity contribution in [3.8, 4) is 5.75 Å². The van der Waals surface area contributed by atoms with Crippen molar-refractivity contribution in [2.24, 2.45) is 0 Å². The number of carbonyl (C=O) groups excluding carboxylic acids is 1. The van der Waals surface area contributed by atoms with Crippen LogP contribution in [0, 0.1) is 20.8 Å². The first kappa shape index (κ1) is 19.4. The van der Waals surface area contributed by atoms with E-state index in [1.165, 1.54) is 5.56 Å². The van der Waals surface area contributed by atoms with Crippen LogP contribution in [-0.2, 0) is 0 Å². The van der Waals surface area contributed by atoms with Crippen LogP contribution in [0.4, 0.5) is 17.1 Å². The van der Waals surface area contributed by atoms with Crippen LogP contribution >= 0.6 is 0 Å². The van der Waals surface area contributed by atoms with Gasteiger partial charge in [0.05, 0.1) is 29.7 Å². The highest BCUT2D eigenvalue weighted by Gasteiger charge is 2.12. The number of nitrogens with zero attached hydrogens (tertiary/aromatic N) is 1. The Balaban J connectivity index is 1.81. The molecule has 1 heterocycles. The average Bonchev–Trinajstić information content (AvgIpc) is 2.66. The van der Waals surface area contributed by atoms with Crippen molar-refractivity contribution < 1.29 is 9.53 Å². The minimum atomic E-state index is -0.190. The Hall–Kier alpha value is -3.34. The quantitative estimate of drug-likeness (QED) is 0.605. The van der Waals surface area contributed by atoms with Crippen molar-refractivity contribution in [1.82, 2.24) is 4.98 Å². The minimum Gasteiger partial charge on any atom is -0.492 e. The van der Waals surface area contributed by atoms with Gasteiger partial charge in [-0.25, -0.2) is 0 Å². The molecule has 0 aliphatic carbocycles. The summed E-state index contributed by atoms with van der Waals surface area (Å²) in [6, 6.07) is 13.6. The number of amides is 1. The number of carbonyl (C=O) groups is 1. The Morgan fingerprint density at radius 2 is 1.75 bits per heavy atom. The summed E-state index contributed by atoms with van der Waals surface area (Å²) >= 11 is 0. The molecule has 0 saturated heterocycles. The van der Waals surface area contributed by atoms with E-state index in [4.69, 9.17) is 4.74 Å². The highest BCUT2D eigenvalue weighted by molar-refractivity contribution is 6.05. The maximum absolute atomic E-state index is 12.8. The van der Waals surface area contributed by atoms with Gasteiger partial charge in [-0.2, -0.15) is 0 Å². The molecule has 2 aromatic carbocycles. The van der Waals surface area contributed by atoms with Crippen molar-refractivity contribution in [3.05, 3.63) is 77.1 Å². The summed E-state index contributed by atoms with van der Waals surface area (Å²) in [6.45, 7) is 8.56. The zero-order valence-electron chi connectivity index (χ0n) is 16.7. The number of aromatic nitrogens is 1. The number of nitrogens with one attached hydrogen (secondary N) is 2. The Morgan fingerprint density at radius 1 is 1.04 bits per heavy atom. The summed E-state index contributed by atoms with van der Waals surface area (Å²) in [5, 5.41) is 6.29. The Kier molecular flexibility index (Phi) is 5.94. The largest absolute Gasteiger partial charge is 0.492 e. The third-order valence-electron chi connectivity index (χ3n) is 4.38. The number of pyridine rings is 1. The molecule has 3 rings (SSSR count). The van der Waals surface area contributed by atoms with E-state index in [1.807, 2.05) is 52.0 Å². The summed E-state index contributed by atoms with van der Waals surface area (Å²) in [5.41, 5.74) is 6.13. The zero-order valence-corrected chi connectivity index (χ0v) is 16.7. The second kappa shape index (κ2) is 8.57. The first-order valence-electron chi connectivity index (χ1n) is 9.31. The van der Waals surface area contributed by atoms with Crippen LogP contribution in [0.25, 0.3) is 0 Å². The molecule has 28 heavy (non-hydrogen) atoms. The zero-order chi connectivity index (χ0) is 20.1. The predicted molar refractivity (Wildman–Crippen MR) is 114 cm³/mol. The van der Waals surface area contributed by atoms with E-state index >= 15 is 0 Å². The number of anilines is 3. The smallest absolute Gasteiger partial charge is 0.257 e. The topological polar surface area (TPSA) is 63.2 Å². The fraction of sp³-hybridized carbons (Fsp3) is 0.217. The summed E-state index contributed by atoms with van der Waals surface area (Å²) in [6.07, 6.45) is 3.25. The van der Waals surface area contributed by atoms with Gasteiger partial charge in [-0.3, -0.25) is 9.78 Å². The molecule has 1 amide bonds. The highest BCUT2D eigenvalue weighted by atomic mass is 16.5. The molecular formula is C23H25N3O2. The third-order valence-corrected chi connectivity index (χ3v) is 4.38. The van der Waals surface area contributed by atoms with Crippen molar-refractivity contribution in [1.29, 1.82) is 0 Å². The summed E-state index contributed by atoms with van der Waals surface area (Å²) in [7, 11) is 0. The lowest BCUT2D eigenvalue weighted by Gasteiger charge is -2.14. The van der Waals surface area contributed by atoms with Gasteiger partial charge in [0.25, 0.3) is 5.91 Å². The molecule has 1 aromatic heterocycles. The van der Waals surface area contributed by atoms with E-state index < -0.39 is 0 Å². The van der Waals surface area contributed by atoms with E-state index in [0.717, 1.165) is 33.9 Å². The maximum Gasteiger partial charge on any atom is 0.257 e. The molecule has 5 heteroatoms. The van der Waals surface area contributed by atoms with Crippen LogP contribution in [0.1, 0.15) is 34.0 Å². The van der Waals surface area contributed by atoms with Gasteiger partial charge < -0.3 is 15.4 Å². The Morgan fingerprint density at radius 3 is 2.46 bits per heavy atom. The standard InChI is InChI=1S/C23H25N3O2/c1-5-28-21-9-7-6-8-20(21)25-19-12-18(13-24-14-19)23(27)26-22-16(3)10-15(2)11-17(22)4/h6-14,25H,5H2,1-4H3,(H,26,27). The average molecular weight is 375 g/mol. The van der Waals surface area contributed by atoms with Crippen LogP contribution in [0.5, 0.6) is 5.75 Å². The van der Waals surface area contributed by atoms with Crippen molar-refractivity contribution in [2.45, 2.75) is 27.7 Å². The third kappa shape index (κ3) is 4.49. The number of para-hydroxylation sites is 2. The SMILES string of the molecule is CCOc1ccccc1Nc1cncc(C(=O)Nc2c(C)cc(C)cc2C)c1. The minimum absolute atomic E-state index is 0.190. The lowest BCUT2D eigenvalue weighted by molar-refractivity contribution is 0.102. The van der Waals surface area contributed by atoms with Gasteiger partial charge in [0.15, 0.2) is 0 Å². The number of hydrogen-bond acceptors (Lipinski definition) is 4. The van der Waals surface area contributed by atoms with Crippen LogP contribution < -0.4 is 15.4 Å². The van der Waals surface area contributed by atoms with Crippen molar-refractivity contribution in [3.63, 3.8) is 0 Å². The van der Waals surface area contributed by atoms with Gasteiger partial charge in [0.1, 0.15) is 5.75 Å². The highest BCUT2D eigenvalue weighted by Crippen LogP contribution is 2.28. The van der Waals surface area contributed by atoms with Crippen molar-refractivity contribution in [2.75, 3.05) is 17.2 Å². The monoisotopic (exact) mass is 375 g/mol. The van der Waals surface area contributed by atoms with Gasteiger partial charge in [0.2, 0.25) is 0 Å². The molecular weight excluding hydrogens is 350 g/mol. The molecule has 0 fully saturated rings. The normalized spacial score (nSPS) is 10.4. The van der Waals surface area contributed by atoms with Crippen LogP contribution in [0.2, 0.25) is 0 Å². The maximum atomic E-state index is 12.8.